The van der Waals surface area contributed by atoms with Gasteiger partial charge < -0.3 is 15.1 Å². The number of thiophene rings is 1. The van der Waals surface area contributed by atoms with Crippen LogP contribution in [0.4, 0.5) is 11.5 Å². The van der Waals surface area contributed by atoms with Crippen LogP contribution >= 0.6 is 34.5 Å². The third kappa shape index (κ3) is 5.49. The summed E-state index contributed by atoms with van der Waals surface area (Å²) in [5.41, 5.74) is 2.03. The van der Waals surface area contributed by atoms with Crippen molar-refractivity contribution < 1.29 is 4.79 Å². The number of nitrogens with zero attached hydrogens (tertiary/aromatic N) is 4. The molecule has 0 fully saturated rings. The fraction of sp³-hybridized carbons (Fsp3) is 0.375. The van der Waals surface area contributed by atoms with E-state index < -0.39 is 0 Å². The molecule has 0 radical (unpaired) electrons. The number of aryl methyl sites for hydroxylation is 1. The first kappa shape index (κ1) is 24.0. The fourth-order valence-electron chi connectivity index (χ4n) is 3.76. The number of halogens is 2. The number of benzene rings is 1. The molecule has 4 rings (SSSR count). The van der Waals surface area contributed by atoms with Crippen LogP contribution in [0.1, 0.15) is 30.7 Å². The summed E-state index contributed by atoms with van der Waals surface area (Å²) in [4.78, 5) is 28.1. The Kier molecular flexibility index (Phi) is 7.54. The molecule has 3 heterocycles. The Bertz CT molecular complexity index is 1190. The molecule has 0 bridgehead atoms. The minimum absolute atomic E-state index is 0.0534. The highest BCUT2D eigenvalue weighted by Crippen LogP contribution is 2.38. The average Bonchev–Trinajstić information content (AvgIpc) is 3.00. The summed E-state index contributed by atoms with van der Waals surface area (Å²) in [5.74, 6) is 0.796. The van der Waals surface area contributed by atoms with Crippen LogP contribution in [0.3, 0.4) is 0 Å². The van der Waals surface area contributed by atoms with E-state index in [0.29, 0.717) is 22.6 Å². The van der Waals surface area contributed by atoms with Crippen LogP contribution in [0.5, 0.6) is 0 Å². The highest BCUT2D eigenvalue weighted by molar-refractivity contribution is 7.19. The van der Waals surface area contributed by atoms with E-state index >= 15 is 0 Å². The summed E-state index contributed by atoms with van der Waals surface area (Å²) in [5, 5.41) is 5.38. The summed E-state index contributed by atoms with van der Waals surface area (Å²) in [6.45, 7) is 6.35. The standard InChI is InChI=1S/C24H27Cl2N5OS/c1-15(2)30(3)10-5-7-21(32)31-11-4-6-17-20(13-31)33-24-22(17)23(27-14-28-24)29-16-8-9-18(25)19(26)12-16/h5,7-9,12,14-15H,4,6,10-11,13H2,1-3H3,(H,27,28,29)/b7-5+. The number of aromatic nitrogens is 2. The number of anilines is 2. The lowest BCUT2D eigenvalue weighted by molar-refractivity contribution is -0.126. The fourth-order valence-corrected chi connectivity index (χ4v) is 5.26. The first-order chi connectivity index (χ1) is 15.8. The minimum Gasteiger partial charge on any atom is -0.340 e. The van der Waals surface area contributed by atoms with Crippen LogP contribution in [0, 0.1) is 0 Å². The number of carbonyl (C=O) groups is 1. The number of amides is 1. The van der Waals surface area contributed by atoms with E-state index in [1.807, 2.05) is 17.0 Å². The molecule has 2 aromatic heterocycles. The number of hydrogen-bond acceptors (Lipinski definition) is 6. The minimum atomic E-state index is 0.0534. The zero-order valence-corrected chi connectivity index (χ0v) is 21.3. The second-order valence-electron chi connectivity index (χ2n) is 8.46. The van der Waals surface area contributed by atoms with E-state index in [2.05, 4.69) is 41.1 Å². The molecule has 174 valence electrons. The second kappa shape index (κ2) is 10.4. The first-order valence-electron chi connectivity index (χ1n) is 11.0. The van der Waals surface area contributed by atoms with Gasteiger partial charge in [0.15, 0.2) is 0 Å². The van der Waals surface area contributed by atoms with Gasteiger partial charge in [-0.3, -0.25) is 4.79 Å². The van der Waals surface area contributed by atoms with Crippen molar-refractivity contribution in [2.45, 2.75) is 39.3 Å². The monoisotopic (exact) mass is 503 g/mol. The SMILES string of the molecule is CC(C)N(C)C/C=C/C(=O)N1CCCc2c(sc3ncnc(Nc4ccc(Cl)c(Cl)c4)c23)C1. The molecular formula is C24H27Cl2N5OS. The average molecular weight is 504 g/mol. The number of carbonyl (C=O) groups excluding carboxylic acids is 1. The van der Waals surface area contributed by atoms with Crippen LogP contribution in [0.2, 0.25) is 10.0 Å². The molecule has 1 aliphatic heterocycles. The van der Waals surface area contributed by atoms with Gasteiger partial charge in [0, 0.05) is 35.8 Å². The van der Waals surface area contributed by atoms with Gasteiger partial charge in [0.25, 0.3) is 0 Å². The van der Waals surface area contributed by atoms with Crippen LogP contribution in [0.25, 0.3) is 10.2 Å². The molecule has 1 amide bonds. The smallest absolute Gasteiger partial charge is 0.246 e. The lowest BCUT2D eigenvalue weighted by Crippen LogP contribution is -2.30. The molecule has 33 heavy (non-hydrogen) atoms. The van der Waals surface area contributed by atoms with Gasteiger partial charge in [-0.2, -0.15) is 0 Å². The van der Waals surface area contributed by atoms with Crippen molar-refractivity contribution in [1.29, 1.82) is 0 Å². The maximum absolute atomic E-state index is 12.9. The molecule has 0 saturated heterocycles. The number of nitrogens with one attached hydrogen (secondary N) is 1. The largest absolute Gasteiger partial charge is 0.340 e. The topological polar surface area (TPSA) is 61.4 Å². The van der Waals surface area contributed by atoms with E-state index in [-0.39, 0.29) is 5.91 Å². The van der Waals surface area contributed by atoms with E-state index in [1.165, 1.54) is 10.4 Å². The molecular weight excluding hydrogens is 477 g/mol. The Morgan fingerprint density at radius 3 is 2.88 bits per heavy atom. The number of fused-ring (bicyclic) bond motifs is 3. The molecule has 0 atom stereocenters. The molecule has 0 unspecified atom stereocenters. The van der Waals surface area contributed by atoms with E-state index in [4.69, 9.17) is 23.2 Å². The predicted octanol–water partition coefficient (Wildman–Crippen LogP) is 5.91. The van der Waals surface area contributed by atoms with Crippen molar-refractivity contribution in [3.63, 3.8) is 0 Å². The third-order valence-corrected chi connectivity index (χ3v) is 7.75. The third-order valence-electron chi connectivity index (χ3n) is 5.89. The van der Waals surface area contributed by atoms with Crippen LogP contribution in [-0.2, 0) is 17.8 Å². The van der Waals surface area contributed by atoms with Crippen molar-refractivity contribution >= 4 is 62.2 Å². The maximum Gasteiger partial charge on any atom is 0.246 e. The van der Waals surface area contributed by atoms with Gasteiger partial charge in [0.05, 0.1) is 22.0 Å². The summed E-state index contributed by atoms with van der Waals surface area (Å²) < 4.78 is 0. The number of hydrogen-bond donors (Lipinski definition) is 1. The summed E-state index contributed by atoms with van der Waals surface area (Å²) >= 11 is 13.9. The van der Waals surface area contributed by atoms with Crippen molar-refractivity contribution in [3.8, 4) is 0 Å². The van der Waals surface area contributed by atoms with E-state index in [0.717, 1.165) is 47.7 Å². The molecule has 1 aromatic carbocycles. The van der Waals surface area contributed by atoms with Crippen molar-refractivity contribution in [1.82, 2.24) is 19.8 Å². The highest BCUT2D eigenvalue weighted by Gasteiger charge is 2.24. The second-order valence-corrected chi connectivity index (χ2v) is 10.4. The molecule has 9 heteroatoms. The lowest BCUT2D eigenvalue weighted by Gasteiger charge is -2.20. The zero-order chi connectivity index (χ0) is 23.5. The summed E-state index contributed by atoms with van der Waals surface area (Å²) in [7, 11) is 2.06. The zero-order valence-electron chi connectivity index (χ0n) is 18.9. The van der Waals surface area contributed by atoms with Gasteiger partial charge in [-0.05, 0) is 57.5 Å². The van der Waals surface area contributed by atoms with Crippen LogP contribution in [-0.4, -0.2) is 51.9 Å². The summed E-state index contributed by atoms with van der Waals surface area (Å²) in [6.07, 6.45) is 6.99. The Labute approximate surface area is 208 Å². The Balaban J connectivity index is 1.57. The van der Waals surface area contributed by atoms with Gasteiger partial charge in [0.1, 0.15) is 17.0 Å². The van der Waals surface area contributed by atoms with Gasteiger partial charge in [-0.15, -0.1) is 11.3 Å². The molecule has 3 aromatic rings. The van der Waals surface area contributed by atoms with Gasteiger partial charge >= 0.3 is 0 Å². The molecule has 1 N–H and O–H groups in total. The van der Waals surface area contributed by atoms with Crippen molar-refractivity contribution in [3.05, 3.63) is 57.2 Å². The number of rotatable bonds is 6. The predicted molar refractivity (Wildman–Crippen MR) is 138 cm³/mol. The maximum atomic E-state index is 12.9. The molecule has 6 nitrogen and oxygen atoms in total. The Morgan fingerprint density at radius 1 is 1.30 bits per heavy atom. The summed E-state index contributed by atoms with van der Waals surface area (Å²) in [6, 6.07) is 5.86. The molecule has 1 aliphatic rings. The Hall–Kier alpha value is -2.19. The Morgan fingerprint density at radius 2 is 2.12 bits per heavy atom. The number of likely N-dealkylation sites (N-methyl/N-ethyl adjacent to an activating group) is 1. The first-order valence-corrected chi connectivity index (χ1v) is 12.5. The molecule has 0 aliphatic carbocycles. The van der Waals surface area contributed by atoms with Crippen LogP contribution < -0.4 is 5.32 Å². The molecule has 0 spiro atoms. The van der Waals surface area contributed by atoms with E-state index in [1.54, 1.807) is 35.9 Å². The van der Waals surface area contributed by atoms with Gasteiger partial charge in [0.2, 0.25) is 5.91 Å². The van der Waals surface area contributed by atoms with Gasteiger partial charge in [-0.25, -0.2) is 9.97 Å². The van der Waals surface area contributed by atoms with Crippen molar-refractivity contribution in [2.75, 3.05) is 25.5 Å². The quantitative estimate of drug-likeness (QED) is 0.423. The van der Waals surface area contributed by atoms with Gasteiger partial charge in [-0.1, -0.05) is 29.3 Å². The highest BCUT2D eigenvalue weighted by atomic mass is 35.5. The van der Waals surface area contributed by atoms with Crippen LogP contribution in [0.15, 0.2) is 36.7 Å². The lowest BCUT2D eigenvalue weighted by atomic mass is 10.1. The normalized spacial score (nSPS) is 14.3. The molecule has 0 saturated carbocycles. The van der Waals surface area contributed by atoms with Crippen molar-refractivity contribution in [2.24, 2.45) is 0 Å². The van der Waals surface area contributed by atoms with E-state index in [9.17, 15) is 4.79 Å².